The van der Waals surface area contributed by atoms with Crippen LogP contribution in [0.4, 0.5) is 15.8 Å². The van der Waals surface area contributed by atoms with Gasteiger partial charge in [-0.3, -0.25) is 4.79 Å². The van der Waals surface area contributed by atoms with Crippen LogP contribution >= 0.6 is 0 Å². The van der Waals surface area contributed by atoms with Crippen LogP contribution in [0.25, 0.3) is 0 Å². The van der Waals surface area contributed by atoms with Crippen LogP contribution in [0.3, 0.4) is 0 Å². The Kier molecular flexibility index (Phi) is 4.93. The second-order valence-electron chi connectivity index (χ2n) is 4.92. The average Bonchev–Trinajstić information content (AvgIpc) is 2.48. The maximum atomic E-state index is 13.1. The standard InChI is InChI=1S/C17H19FN2O/c1-3-13-7-9-15(10-8-13)19-12(2)17(21)20-16-6-4-5-14(18)11-16/h4-12,19H,3H2,1-2H3,(H,20,21). The molecule has 0 spiro atoms. The van der Waals surface area contributed by atoms with E-state index in [4.69, 9.17) is 0 Å². The first-order valence-electron chi connectivity index (χ1n) is 7.00. The van der Waals surface area contributed by atoms with E-state index in [0.29, 0.717) is 5.69 Å². The van der Waals surface area contributed by atoms with E-state index in [9.17, 15) is 9.18 Å². The van der Waals surface area contributed by atoms with Gasteiger partial charge in [0, 0.05) is 11.4 Å². The van der Waals surface area contributed by atoms with Gasteiger partial charge in [0.1, 0.15) is 11.9 Å². The van der Waals surface area contributed by atoms with Crippen molar-refractivity contribution < 1.29 is 9.18 Å². The van der Waals surface area contributed by atoms with Crippen molar-refractivity contribution in [3.05, 3.63) is 59.9 Å². The van der Waals surface area contributed by atoms with E-state index < -0.39 is 6.04 Å². The normalized spacial score (nSPS) is 11.8. The molecular weight excluding hydrogens is 267 g/mol. The van der Waals surface area contributed by atoms with E-state index >= 15 is 0 Å². The molecule has 0 saturated carbocycles. The molecule has 0 saturated heterocycles. The van der Waals surface area contributed by atoms with Crippen molar-refractivity contribution in [1.82, 2.24) is 0 Å². The molecule has 1 amide bonds. The smallest absolute Gasteiger partial charge is 0.246 e. The summed E-state index contributed by atoms with van der Waals surface area (Å²) in [5, 5.41) is 5.81. The van der Waals surface area contributed by atoms with Gasteiger partial charge in [0.05, 0.1) is 0 Å². The van der Waals surface area contributed by atoms with Gasteiger partial charge >= 0.3 is 0 Å². The van der Waals surface area contributed by atoms with Gasteiger partial charge in [-0.2, -0.15) is 0 Å². The first-order chi connectivity index (χ1) is 10.1. The van der Waals surface area contributed by atoms with Crippen LogP contribution < -0.4 is 10.6 Å². The molecular formula is C17H19FN2O. The highest BCUT2D eigenvalue weighted by atomic mass is 19.1. The molecule has 0 fully saturated rings. The first kappa shape index (κ1) is 15.0. The van der Waals surface area contributed by atoms with Crippen molar-refractivity contribution in [1.29, 1.82) is 0 Å². The van der Waals surface area contributed by atoms with E-state index in [1.807, 2.05) is 24.3 Å². The molecule has 2 N–H and O–H groups in total. The highest BCUT2D eigenvalue weighted by Gasteiger charge is 2.12. The second-order valence-corrected chi connectivity index (χ2v) is 4.92. The number of anilines is 2. The third kappa shape index (κ3) is 4.31. The predicted octanol–water partition coefficient (Wildman–Crippen LogP) is 3.83. The van der Waals surface area contributed by atoms with Crippen molar-refractivity contribution in [3.63, 3.8) is 0 Å². The van der Waals surface area contributed by atoms with Gasteiger partial charge in [0.15, 0.2) is 0 Å². The Morgan fingerprint density at radius 2 is 1.86 bits per heavy atom. The molecule has 0 heterocycles. The highest BCUT2D eigenvalue weighted by Crippen LogP contribution is 2.13. The minimum Gasteiger partial charge on any atom is -0.374 e. The third-order valence-electron chi connectivity index (χ3n) is 3.23. The Balaban J connectivity index is 1.95. The summed E-state index contributed by atoms with van der Waals surface area (Å²) < 4.78 is 13.1. The summed E-state index contributed by atoms with van der Waals surface area (Å²) in [5.41, 5.74) is 2.58. The lowest BCUT2D eigenvalue weighted by Gasteiger charge is -2.15. The molecule has 2 aromatic rings. The van der Waals surface area contributed by atoms with Crippen LogP contribution in [0.5, 0.6) is 0 Å². The Bertz CT molecular complexity index is 610. The zero-order chi connectivity index (χ0) is 15.2. The number of aryl methyl sites for hydroxylation is 1. The molecule has 1 atom stereocenters. The molecule has 21 heavy (non-hydrogen) atoms. The predicted molar refractivity (Wildman–Crippen MR) is 83.9 cm³/mol. The van der Waals surface area contributed by atoms with Crippen molar-refractivity contribution in [2.45, 2.75) is 26.3 Å². The summed E-state index contributed by atoms with van der Waals surface area (Å²) >= 11 is 0. The van der Waals surface area contributed by atoms with E-state index in [2.05, 4.69) is 17.6 Å². The van der Waals surface area contributed by atoms with E-state index in [0.717, 1.165) is 12.1 Å². The Morgan fingerprint density at radius 1 is 1.14 bits per heavy atom. The monoisotopic (exact) mass is 286 g/mol. The molecule has 110 valence electrons. The molecule has 2 aromatic carbocycles. The number of hydrogen-bond donors (Lipinski definition) is 2. The largest absolute Gasteiger partial charge is 0.374 e. The lowest BCUT2D eigenvalue weighted by Crippen LogP contribution is -2.31. The summed E-state index contributed by atoms with van der Waals surface area (Å²) in [7, 11) is 0. The van der Waals surface area contributed by atoms with Crippen molar-refractivity contribution in [3.8, 4) is 0 Å². The number of hydrogen-bond acceptors (Lipinski definition) is 2. The molecule has 0 aromatic heterocycles. The van der Waals surface area contributed by atoms with Crippen LogP contribution in [-0.4, -0.2) is 11.9 Å². The Labute approximate surface area is 124 Å². The summed E-state index contributed by atoms with van der Waals surface area (Å²) in [6.07, 6.45) is 0.982. The van der Waals surface area contributed by atoms with Crippen molar-refractivity contribution in [2.75, 3.05) is 10.6 Å². The number of nitrogens with one attached hydrogen (secondary N) is 2. The lowest BCUT2D eigenvalue weighted by atomic mass is 10.1. The average molecular weight is 286 g/mol. The summed E-state index contributed by atoms with van der Waals surface area (Å²) in [6, 6.07) is 13.4. The van der Waals surface area contributed by atoms with Gasteiger partial charge < -0.3 is 10.6 Å². The van der Waals surface area contributed by atoms with Gasteiger partial charge in [-0.05, 0) is 49.2 Å². The zero-order valence-electron chi connectivity index (χ0n) is 12.2. The summed E-state index contributed by atoms with van der Waals surface area (Å²) in [4.78, 5) is 12.1. The molecule has 2 rings (SSSR count). The molecule has 0 aliphatic heterocycles. The van der Waals surface area contributed by atoms with Crippen LogP contribution in [0.2, 0.25) is 0 Å². The fourth-order valence-corrected chi connectivity index (χ4v) is 1.97. The van der Waals surface area contributed by atoms with Crippen LogP contribution in [0.15, 0.2) is 48.5 Å². The zero-order valence-corrected chi connectivity index (χ0v) is 12.2. The van der Waals surface area contributed by atoms with Gasteiger partial charge in [-0.1, -0.05) is 25.1 Å². The number of carbonyl (C=O) groups is 1. The third-order valence-corrected chi connectivity index (χ3v) is 3.23. The molecule has 1 unspecified atom stereocenters. The number of carbonyl (C=O) groups excluding carboxylic acids is 1. The number of rotatable bonds is 5. The molecule has 4 heteroatoms. The minimum atomic E-state index is -0.416. The maximum absolute atomic E-state index is 13.1. The molecule has 0 radical (unpaired) electrons. The van der Waals surface area contributed by atoms with Crippen LogP contribution in [-0.2, 0) is 11.2 Å². The van der Waals surface area contributed by atoms with Gasteiger partial charge in [-0.25, -0.2) is 4.39 Å². The topological polar surface area (TPSA) is 41.1 Å². The number of amides is 1. The van der Waals surface area contributed by atoms with Gasteiger partial charge in [-0.15, -0.1) is 0 Å². The fraction of sp³-hybridized carbons (Fsp3) is 0.235. The van der Waals surface area contributed by atoms with Crippen molar-refractivity contribution in [2.24, 2.45) is 0 Å². The quantitative estimate of drug-likeness (QED) is 0.877. The maximum Gasteiger partial charge on any atom is 0.246 e. The van der Waals surface area contributed by atoms with Gasteiger partial charge in [0.2, 0.25) is 5.91 Å². The fourth-order valence-electron chi connectivity index (χ4n) is 1.97. The molecule has 0 bridgehead atoms. The Morgan fingerprint density at radius 3 is 2.48 bits per heavy atom. The van der Waals surface area contributed by atoms with Gasteiger partial charge in [0.25, 0.3) is 0 Å². The molecule has 3 nitrogen and oxygen atoms in total. The second kappa shape index (κ2) is 6.88. The van der Waals surface area contributed by atoms with Crippen LogP contribution in [0, 0.1) is 5.82 Å². The number of halogens is 1. The van der Waals surface area contributed by atoms with E-state index in [1.165, 1.54) is 17.7 Å². The highest BCUT2D eigenvalue weighted by molar-refractivity contribution is 5.96. The van der Waals surface area contributed by atoms with Crippen molar-refractivity contribution >= 4 is 17.3 Å². The SMILES string of the molecule is CCc1ccc(NC(C)C(=O)Nc2cccc(F)c2)cc1. The summed E-state index contributed by atoms with van der Waals surface area (Å²) in [6.45, 7) is 3.86. The molecule has 0 aliphatic rings. The van der Waals surface area contributed by atoms with E-state index in [-0.39, 0.29) is 11.7 Å². The van der Waals surface area contributed by atoms with E-state index in [1.54, 1.807) is 19.1 Å². The Hall–Kier alpha value is -2.36. The minimum absolute atomic E-state index is 0.208. The summed E-state index contributed by atoms with van der Waals surface area (Å²) in [5.74, 6) is -0.580. The lowest BCUT2D eigenvalue weighted by molar-refractivity contribution is -0.116. The van der Waals surface area contributed by atoms with Crippen LogP contribution in [0.1, 0.15) is 19.4 Å². The first-order valence-corrected chi connectivity index (χ1v) is 7.00. The molecule has 0 aliphatic carbocycles. The number of benzene rings is 2.